The highest BCUT2D eigenvalue weighted by atomic mass is 32.2. The molecule has 4 nitrogen and oxygen atoms in total. The minimum absolute atomic E-state index is 0.210. The Kier molecular flexibility index (Phi) is 5.42. The Morgan fingerprint density at radius 2 is 1.81 bits per heavy atom. The van der Waals surface area contributed by atoms with Crippen molar-refractivity contribution in [2.45, 2.75) is 37.6 Å². The number of rotatable bonds is 6. The molecule has 0 bridgehead atoms. The van der Waals surface area contributed by atoms with Crippen molar-refractivity contribution in [3.63, 3.8) is 0 Å². The average Bonchev–Trinajstić information content (AvgIpc) is 2.96. The first kappa shape index (κ1) is 16.0. The SMILES string of the molecule is CNC(C)C(c1nc(-c2ccc(SC)cc2)no1)C(C)C. The van der Waals surface area contributed by atoms with Gasteiger partial charge in [-0.1, -0.05) is 19.0 Å². The molecule has 0 fully saturated rings. The number of benzene rings is 1. The van der Waals surface area contributed by atoms with Crippen LogP contribution in [0.5, 0.6) is 0 Å². The summed E-state index contributed by atoms with van der Waals surface area (Å²) in [6.07, 6.45) is 2.06. The van der Waals surface area contributed by atoms with E-state index in [4.69, 9.17) is 4.52 Å². The summed E-state index contributed by atoms with van der Waals surface area (Å²) in [7, 11) is 1.96. The molecule has 1 aromatic carbocycles. The van der Waals surface area contributed by atoms with Gasteiger partial charge in [0.1, 0.15) is 0 Å². The summed E-state index contributed by atoms with van der Waals surface area (Å²) >= 11 is 1.72. The number of hydrogen-bond donors (Lipinski definition) is 1. The lowest BCUT2D eigenvalue weighted by molar-refractivity contribution is 0.286. The van der Waals surface area contributed by atoms with E-state index in [9.17, 15) is 0 Å². The van der Waals surface area contributed by atoms with Crippen LogP contribution >= 0.6 is 11.8 Å². The second kappa shape index (κ2) is 7.09. The molecule has 2 rings (SSSR count). The molecule has 0 saturated heterocycles. The van der Waals surface area contributed by atoms with Crippen LogP contribution in [-0.4, -0.2) is 29.5 Å². The van der Waals surface area contributed by atoms with Gasteiger partial charge in [0.25, 0.3) is 0 Å². The van der Waals surface area contributed by atoms with Gasteiger partial charge in [0.05, 0.1) is 5.92 Å². The second-order valence-electron chi connectivity index (χ2n) is 5.53. The van der Waals surface area contributed by atoms with Crippen LogP contribution in [0.15, 0.2) is 33.7 Å². The highest BCUT2D eigenvalue weighted by Gasteiger charge is 2.27. The predicted octanol–water partition coefficient (Wildman–Crippen LogP) is 3.81. The quantitative estimate of drug-likeness (QED) is 0.823. The van der Waals surface area contributed by atoms with E-state index in [2.05, 4.69) is 54.6 Å². The molecular formula is C16H23N3OS. The van der Waals surface area contributed by atoms with Crippen molar-refractivity contribution < 1.29 is 4.52 Å². The number of hydrogen-bond acceptors (Lipinski definition) is 5. The lowest BCUT2D eigenvalue weighted by Gasteiger charge is -2.23. The zero-order valence-electron chi connectivity index (χ0n) is 13.3. The molecule has 1 heterocycles. The minimum Gasteiger partial charge on any atom is -0.339 e. The Labute approximate surface area is 130 Å². The molecule has 0 amide bonds. The molecule has 5 heteroatoms. The predicted molar refractivity (Wildman–Crippen MR) is 87.6 cm³/mol. The van der Waals surface area contributed by atoms with Gasteiger partial charge < -0.3 is 9.84 Å². The van der Waals surface area contributed by atoms with Crippen molar-refractivity contribution in [1.82, 2.24) is 15.5 Å². The van der Waals surface area contributed by atoms with E-state index >= 15 is 0 Å². The van der Waals surface area contributed by atoms with Crippen LogP contribution in [0.4, 0.5) is 0 Å². The van der Waals surface area contributed by atoms with Crippen LogP contribution in [0.3, 0.4) is 0 Å². The summed E-state index contributed by atoms with van der Waals surface area (Å²) in [5.74, 6) is 2.00. The Morgan fingerprint density at radius 1 is 1.14 bits per heavy atom. The molecule has 1 aromatic heterocycles. The van der Waals surface area contributed by atoms with Crippen molar-refractivity contribution >= 4 is 11.8 Å². The molecule has 114 valence electrons. The first-order chi connectivity index (χ1) is 10.1. The molecule has 0 aliphatic carbocycles. The number of thioether (sulfide) groups is 1. The van der Waals surface area contributed by atoms with Crippen molar-refractivity contribution in [3.8, 4) is 11.4 Å². The summed E-state index contributed by atoms with van der Waals surface area (Å²) < 4.78 is 5.52. The van der Waals surface area contributed by atoms with Crippen molar-refractivity contribution in [2.24, 2.45) is 5.92 Å². The molecule has 1 N–H and O–H groups in total. The highest BCUT2D eigenvalue weighted by molar-refractivity contribution is 7.98. The normalized spacial score (nSPS) is 14.4. The Bertz CT molecular complexity index is 565. The molecular weight excluding hydrogens is 282 g/mol. The van der Waals surface area contributed by atoms with Crippen LogP contribution in [0, 0.1) is 5.92 Å². The summed E-state index contributed by atoms with van der Waals surface area (Å²) in [6, 6.07) is 8.51. The lowest BCUT2D eigenvalue weighted by Crippen LogP contribution is -2.32. The molecule has 0 saturated carbocycles. The monoisotopic (exact) mass is 305 g/mol. The van der Waals surface area contributed by atoms with E-state index in [0.717, 1.165) is 5.56 Å². The fourth-order valence-corrected chi connectivity index (χ4v) is 2.89. The standard InChI is InChI=1S/C16H23N3OS/c1-10(2)14(11(3)17-4)16-18-15(19-20-16)12-6-8-13(21-5)9-7-12/h6-11,14,17H,1-5H3. The van der Waals surface area contributed by atoms with E-state index in [1.54, 1.807) is 11.8 Å². The average molecular weight is 305 g/mol. The minimum atomic E-state index is 0.210. The van der Waals surface area contributed by atoms with Crippen molar-refractivity contribution in [1.29, 1.82) is 0 Å². The molecule has 0 spiro atoms. The number of aromatic nitrogens is 2. The maximum atomic E-state index is 5.52. The Hall–Kier alpha value is -1.33. The van der Waals surface area contributed by atoms with Gasteiger partial charge in [-0.2, -0.15) is 4.98 Å². The molecule has 0 aliphatic rings. The van der Waals surface area contributed by atoms with Gasteiger partial charge in [-0.15, -0.1) is 11.8 Å². The fraction of sp³-hybridized carbons (Fsp3) is 0.500. The van der Waals surface area contributed by atoms with Gasteiger partial charge in [-0.25, -0.2) is 0 Å². The highest BCUT2D eigenvalue weighted by Crippen LogP contribution is 2.29. The van der Waals surface area contributed by atoms with E-state index < -0.39 is 0 Å². The number of likely N-dealkylation sites (N-methyl/N-ethyl adjacent to an activating group) is 1. The van der Waals surface area contributed by atoms with Crippen molar-refractivity contribution in [2.75, 3.05) is 13.3 Å². The first-order valence-electron chi connectivity index (χ1n) is 7.22. The molecule has 21 heavy (non-hydrogen) atoms. The molecule has 2 aromatic rings. The third kappa shape index (κ3) is 3.66. The van der Waals surface area contributed by atoms with Crippen LogP contribution in [-0.2, 0) is 0 Å². The van der Waals surface area contributed by atoms with Gasteiger partial charge >= 0.3 is 0 Å². The van der Waals surface area contributed by atoms with Gasteiger partial charge in [-0.3, -0.25) is 0 Å². The smallest absolute Gasteiger partial charge is 0.231 e. The summed E-state index contributed by atoms with van der Waals surface area (Å²) in [6.45, 7) is 6.49. The largest absolute Gasteiger partial charge is 0.339 e. The van der Waals surface area contributed by atoms with Crippen molar-refractivity contribution in [3.05, 3.63) is 30.2 Å². The van der Waals surface area contributed by atoms with Crippen LogP contribution in [0.2, 0.25) is 0 Å². The zero-order valence-corrected chi connectivity index (χ0v) is 14.1. The first-order valence-corrected chi connectivity index (χ1v) is 8.44. The molecule has 2 unspecified atom stereocenters. The van der Waals surface area contributed by atoms with Crippen LogP contribution in [0.1, 0.15) is 32.6 Å². The summed E-state index contributed by atoms with van der Waals surface area (Å²) in [5.41, 5.74) is 0.988. The lowest BCUT2D eigenvalue weighted by atomic mass is 9.89. The Morgan fingerprint density at radius 3 is 2.33 bits per heavy atom. The third-order valence-electron chi connectivity index (χ3n) is 3.79. The summed E-state index contributed by atoms with van der Waals surface area (Å²) in [4.78, 5) is 5.83. The third-order valence-corrected chi connectivity index (χ3v) is 4.53. The maximum absolute atomic E-state index is 5.52. The second-order valence-corrected chi connectivity index (χ2v) is 6.41. The Balaban J connectivity index is 2.26. The number of nitrogens with zero attached hydrogens (tertiary/aromatic N) is 2. The van der Waals surface area contributed by atoms with Gasteiger partial charge in [0.2, 0.25) is 11.7 Å². The molecule has 0 radical (unpaired) electrons. The van der Waals surface area contributed by atoms with Gasteiger partial charge in [0, 0.05) is 16.5 Å². The van der Waals surface area contributed by atoms with Gasteiger partial charge in [0.15, 0.2) is 0 Å². The maximum Gasteiger partial charge on any atom is 0.231 e. The number of nitrogens with one attached hydrogen (secondary N) is 1. The van der Waals surface area contributed by atoms with E-state index in [1.165, 1.54) is 4.90 Å². The van der Waals surface area contributed by atoms with E-state index in [0.29, 0.717) is 17.6 Å². The van der Waals surface area contributed by atoms with E-state index in [-0.39, 0.29) is 12.0 Å². The topological polar surface area (TPSA) is 51.0 Å². The zero-order chi connectivity index (χ0) is 15.4. The van der Waals surface area contributed by atoms with E-state index in [1.807, 2.05) is 19.2 Å². The van der Waals surface area contributed by atoms with Crippen LogP contribution in [0.25, 0.3) is 11.4 Å². The molecule has 2 atom stereocenters. The van der Waals surface area contributed by atoms with Gasteiger partial charge in [-0.05, 0) is 50.4 Å². The molecule has 0 aliphatic heterocycles. The summed E-state index contributed by atoms with van der Waals surface area (Å²) in [5, 5.41) is 7.42. The fourth-order valence-electron chi connectivity index (χ4n) is 2.48. The van der Waals surface area contributed by atoms with Crippen LogP contribution < -0.4 is 5.32 Å².